The Hall–Kier alpha value is -0.600. The van der Waals surface area contributed by atoms with Crippen molar-refractivity contribution in [2.45, 2.75) is 194 Å². The van der Waals surface area contributed by atoms with Gasteiger partial charge < -0.3 is 0 Å². The molecule has 0 radical (unpaired) electrons. The van der Waals surface area contributed by atoms with Crippen LogP contribution < -0.4 is 0 Å². The van der Waals surface area contributed by atoms with Crippen molar-refractivity contribution in [3.05, 3.63) is 25.3 Å². The number of rotatable bonds is 32. The highest BCUT2D eigenvalue weighted by atomic mass is 15.3. The first-order valence-electron chi connectivity index (χ1n) is 18.4. The average Bonchev–Trinajstić information content (AvgIpc) is 2.98. The van der Waals surface area contributed by atoms with Gasteiger partial charge in [0.2, 0.25) is 0 Å². The molecule has 0 rings (SSSR count). The SMILES string of the molecule is C=CC(C=C)(C(CCCCCCCC)N(CC)CCCCCCCCCC)N(CC)CCCCCCCCCC. The van der Waals surface area contributed by atoms with Gasteiger partial charge in [0.15, 0.2) is 0 Å². The Bertz CT molecular complexity index is 534. The molecule has 238 valence electrons. The van der Waals surface area contributed by atoms with Gasteiger partial charge in [-0.1, -0.05) is 175 Å². The summed E-state index contributed by atoms with van der Waals surface area (Å²) in [5.41, 5.74) is -0.143. The first-order valence-corrected chi connectivity index (χ1v) is 18.4. The van der Waals surface area contributed by atoms with E-state index in [0.717, 1.165) is 19.6 Å². The van der Waals surface area contributed by atoms with Crippen molar-refractivity contribution in [3.63, 3.8) is 0 Å². The number of unbranched alkanes of at least 4 members (excludes halogenated alkanes) is 19. The zero-order valence-electron chi connectivity index (χ0n) is 28.6. The third-order valence-corrected chi connectivity index (χ3v) is 9.38. The predicted molar refractivity (Wildman–Crippen MR) is 185 cm³/mol. The van der Waals surface area contributed by atoms with Crippen LogP contribution >= 0.6 is 0 Å². The van der Waals surface area contributed by atoms with Crippen molar-refractivity contribution in [1.29, 1.82) is 0 Å². The maximum atomic E-state index is 4.47. The van der Waals surface area contributed by atoms with E-state index in [2.05, 4.69) is 69.7 Å². The molecule has 0 aliphatic rings. The topological polar surface area (TPSA) is 6.48 Å². The molecular weight excluding hydrogens is 484 g/mol. The van der Waals surface area contributed by atoms with Crippen molar-refractivity contribution in [2.75, 3.05) is 26.2 Å². The second-order valence-electron chi connectivity index (χ2n) is 12.5. The molecule has 0 N–H and O–H groups in total. The van der Waals surface area contributed by atoms with Crippen molar-refractivity contribution in [3.8, 4) is 0 Å². The molecule has 40 heavy (non-hydrogen) atoms. The molecule has 0 aliphatic carbocycles. The monoisotopic (exact) mass is 561 g/mol. The summed E-state index contributed by atoms with van der Waals surface area (Å²) < 4.78 is 0. The molecule has 0 aromatic carbocycles. The van der Waals surface area contributed by atoms with Gasteiger partial charge >= 0.3 is 0 Å². The summed E-state index contributed by atoms with van der Waals surface area (Å²) in [7, 11) is 0. The molecule has 0 aliphatic heterocycles. The third kappa shape index (κ3) is 17.4. The molecule has 1 unspecified atom stereocenters. The summed E-state index contributed by atoms with van der Waals surface area (Å²) in [5, 5.41) is 0. The van der Waals surface area contributed by atoms with E-state index < -0.39 is 0 Å². The Labute approximate surface area is 254 Å². The first kappa shape index (κ1) is 39.4. The van der Waals surface area contributed by atoms with E-state index in [9.17, 15) is 0 Å². The van der Waals surface area contributed by atoms with E-state index >= 15 is 0 Å². The van der Waals surface area contributed by atoms with Gasteiger partial charge in [0.1, 0.15) is 0 Å². The summed E-state index contributed by atoms with van der Waals surface area (Å²) in [4.78, 5) is 5.53. The number of hydrogen-bond donors (Lipinski definition) is 0. The summed E-state index contributed by atoms with van der Waals surface area (Å²) in [6, 6.07) is 0.470. The standard InChI is InChI=1S/C38H76N2/c1-8-15-18-21-24-26-29-32-35-39(13-6)37(34-31-28-23-20-17-10-3)38(11-4,12-5)40(14-7)36-33-30-27-25-22-19-16-9-2/h11-12,37H,4-5,8-10,13-36H2,1-3,6-7H3. The summed E-state index contributed by atoms with van der Waals surface area (Å²) >= 11 is 0. The smallest absolute Gasteiger partial charge is 0.0727 e. The zero-order valence-corrected chi connectivity index (χ0v) is 28.6. The Kier molecular flexibility index (Phi) is 28.1. The van der Waals surface area contributed by atoms with E-state index in [0.29, 0.717) is 6.04 Å². The highest BCUT2D eigenvalue weighted by Gasteiger charge is 2.40. The largest absolute Gasteiger partial charge is 0.298 e. The molecule has 0 saturated carbocycles. The molecule has 0 aromatic rings. The summed E-state index contributed by atoms with van der Waals surface area (Å²) in [6.07, 6.45) is 36.1. The second-order valence-corrected chi connectivity index (χ2v) is 12.5. The summed E-state index contributed by atoms with van der Waals surface area (Å²) in [6.45, 7) is 25.2. The molecule has 2 heteroatoms. The van der Waals surface area contributed by atoms with E-state index in [-0.39, 0.29) is 5.54 Å². The van der Waals surface area contributed by atoms with Crippen LogP contribution in [-0.4, -0.2) is 47.6 Å². The van der Waals surface area contributed by atoms with Gasteiger partial charge in [-0.3, -0.25) is 9.80 Å². The van der Waals surface area contributed by atoms with Gasteiger partial charge in [-0.25, -0.2) is 0 Å². The highest BCUT2D eigenvalue weighted by Crippen LogP contribution is 2.32. The van der Waals surface area contributed by atoms with Crippen LogP contribution in [-0.2, 0) is 0 Å². The van der Waals surface area contributed by atoms with Gasteiger partial charge in [-0.05, 0) is 45.4 Å². The van der Waals surface area contributed by atoms with Gasteiger partial charge in [-0.2, -0.15) is 0 Å². The molecule has 2 nitrogen and oxygen atoms in total. The third-order valence-electron chi connectivity index (χ3n) is 9.38. The van der Waals surface area contributed by atoms with E-state index in [1.165, 1.54) is 154 Å². The Balaban J connectivity index is 5.29. The summed E-state index contributed by atoms with van der Waals surface area (Å²) in [5.74, 6) is 0. The van der Waals surface area contributed by atoms with Crippen molar-refractivity contribution in [2.24, 2.45) is 0 Å². The fourth-order valence-corrected chi connectivity index (χ4v) is 6.69. The molecule has 0 spiro atoms. The van der Waals surface area contributed by atoms with Crippen LogP contribution in [0.2, 0.25) is 0 Å². The zero-order chi connectivity index (χ0) is 29.7. The highest BCUT2D eigenvalue weighted by molar-refractivity contribution is 5.21. The molecule has 1 atom stereocenters. The number of likely N-dealkylation sites (N-methyl/N-ethyl adjacent to an activating group) is 2. The maximum absolute atomic E-state index is 4.47. The number of hydrogen-bond acceptors (Lipinski definition) is 2. The quantitative estimate of drug-likeness (QED) is 0.0596. The van der Waals surface area contributed by atoms with Crippen LogP contribution in [0.5, 0.6) is 0 Å². The van der Waals surface area contributed by atoms with Gasteiger partial charge in [-0.15, -0.1) is 13.2 Å². The lowest BCUT2D eigenvalue weighted by Crippen LogP contribution is -2.60. The second kappa shape index (κ2) is 28.5. The van der Waals surface area contributed by atoms with Gasteiger partial charge in [0.25, 0.3) is 0 Å². The molecular formula is C38H76N2. The van der Waals surface area contributed by atoms with Crippen molar-refractivity contribution in [1.82, 2.24) is 9.80 Å². The lowest BCUT2D eigenvalue weighted by molar-refractivity contribution is 0.0528. The van der Waals surface area contributed by atoms with Crippen LogP contribution in [0.1, 0.15) is 182 Å². The van der Waals surface area contributed by atoms with Gasteiger partial charge in [0.05, 0.1) is 5.54 Å². The lowest BCUT2D eigenvalue weighted by Gasteiger charge is -2.49. The van der Waals surface area contributed by atoms with Crippen molar-refractivity contribution < 1.29 is 0 Å². The molecule has 0 amide bonds. The van der Waals surface area contributed by atoms with Crippen LogP contribution in [0, 0.1) is 0 Å². The van der Waals surface area contributed by atoms with E-state index in [1.807, 2.05) is 0 Å². The minimum atomic E-state index is -0.143. The molecule has 0 aromatic heterocycles. The molecule has 0 bridgehead atoms. The van der Waals surface area contributed by atoms with Crippen LogP contribution in [0.25, 0.3) is 0 Å². The van der Waals surface area contributed by atoms with Gasteiger partial charge in [0, 0.05) is 6.04 Å². The first-order chi connectivity index (χ1) is 19.6. The van der Waals surface area contributed by atoms with Crippen LogP contribution in [0.4, 0.5) is 0 Å². The molecule has 0 fully saturated rings. The Morgan fingerprint density at radius 1 is 0.475 bits per heavy atom. The fourth-order valence-electron chi connectivity index (χ4n) is 6.69. The van der Waals surface area contributed by atoms with Crippen molar-refractivity contribution >= 4 is 0 Å². The average molecular weight is 561 g/mol. The maximum Gasteiger partial charge on any atom is 0.0727 e. The minimum absolute atomic E-state index is 0.143. The Morgan fingerprint density at radius 3 is 1.23 bits per heavy atom. The normalized spacial score (nSPS) is 12.9. The molecule has 0 heterocycles. The van der Waals surface area contributed by atoms with E-state index in [1.54, 1.807) is 0 Å². The van der Waals surface area contributed by atoms with E-state index in [4.69, 9.17) is 0 Å². The molecule has 0 saturated heterocycles. The van der Waals surface area contributed by atoms with Crippen LogP contribution in [0.3, 0.4) is 0 Å². The fraction of sp³-hybridized carbons (Fsp3) is 0.895. The lowest BCUT2D eigenvalue weighted by atomic mass is 9.82. The predicted octanol–water partition coefficient (Wildman–Crippen LogP) is 12.1. The van der Waals surface area contributed by atoms with Crippen LogP contribution in [0.15, 0.2) is 25.3 Å². The minimum Gasteiger partial charge on any atom is -0.298 e. The Morgan fingerprint density at radius 2 is 0.850 bits per heavy atom. The number of nitrogens with zero attached hydrogens (tertiary/aromatic N) is 2.